The Labute approximate surface area is 128 Å². The van der Waals surface area contributed by atoms with Crippen LogP contribution < -0.4 is 10.1 Å². The lowest BCUT2D eigenvalue weighted by Gasteiger charge is -2.22. The molecule has 1 atom stereocenters. The van der Waals surface area contributed by atoms with Crippen molar-refractivity contribution in [3.8, 4) is 5.88 Å². The Kier molecular flexibility index (Phi) is 6.17. The van der Waals surface area contributed by atoms with Gasteiger partial charge in [0.15, 0.2) is 0 Å². The van der Waals surface area contributed by atoms with Gasteiger partial charge >= 0.3 is 6.09 Å². The summed E-state index contributed by atoms with van der Waals surface area (Å²) in [5.41, 5.74) is -0.0621. The Hall–Kier alpha value is -1.60. The molecule has 0 aliphatic rings. The Morgan fingerprint density at radius 2 is 2.14 bits per heavy atom. The molecule has 1 aromatic rings. The smallest absolute Gasteiger partial charge is 0.407 e. The number of hydrogen-bond donors (Lipinski definition) is 2. The largest absolute Gasteiger partial charge is 0.481 e. The van der Waals surface area contributed by atoms with Crippen LogP contribution in [0.1, 0.15) is 26.5 Å². The fourth-order valence-electron chi connectivity index (χ4n) is 1.54. The van der Waals surface area contributed by atoms with E-state index in [4.69, 9.17) is 21.1 Å². The molecule has 1 rings (SSSR count). The lowest BCUT2D eigenvalue weighted by atomic mass is 10.1. The molecule has 0 spiro atoms. The van der Waals surface area contributed by atoms with Crippen molar-refractivity contribution in [1.29, 1.82) is 0 Å². The summed E-state index contributed by atoms with van der Waals surface area (Å²) in [5.74, 6) is 0.318. The number of nitrogens with one attached hydrogen (secondary N) is 1. The number of rotatable bonds is 5. The Balaban J connectivity index is 2.70. The minimum Gasteiger partial charge on any atom is -0.481 e. The van der Waals surface area contributed by atoms with Crippen molar-refractivity contribution in [2.45, 2.75) is 38.8 Å². The van der Waals surface area contributed by atoms with E-state index in [1.807, 2.05) is 0 Å². The predicted octanol–water partition coefficient (Wildman–Crippen LogP) is 1.57. The lowest BCUT2D eigenvalue weighted by Crippen LogP contribution is -2.42. The predicted molar refractivity (Wildman–Crippen MR) is 77.5 cm³/mol. The maximum absolute atomic E-state index is 11.7. The molecular formula is C13H20ClN3O4. The number of aromatic nitrogens is 2. The van der Waals surface area contributed by atoms with Gasteiger partial charge < -0.3 is 19.9 Å². The Morgan fingerprint density at radius 1 is 1.48 bits per heavy atom. The summed E-state index contributed by atoms with van der Waals surface area (Å²) in [5, 5.41) is 12.0. The van der Waals surface area contributed by atoms with E-state index in [0.29, 0.717) is 11.6 Å². The molecule has 0 saturated carbocycles. The van der Waals surface area contributed by atoms with E-state index >= 15 is 0 Å². The molecule has 1 amide bonds. The summed E-state index contributed by atoms with van der Waals surface area (Å²) in [6, 6.07) is 1.04. The van der Waals surface area contributed by atoms with Gasteiger partial charge in [-0.2, -0.15) is 4.98 Å². The number of nitrogens with zero attached hydrogens (tertiary/aromatic N) is 2. The van der Waals surface area contributed by atoms with Gasteiger partial charge in [-0.15, -0.1) is 0 Å². The second kappa shape index (κ2) is 7.42. The third-order valence-corrected chi connectivity index (χ3v) is 2.50. The maximum atomic E-state index is 11.7. The fraction of sp³-hybridized carbons (Fsp3) is 0.615. The van der Waals surface area contributed by atoms with Crippen molar-refractivity contribution in [3.63, 3.8) is 0 Å². The van der Waals surface area contributed by atoms with Crippen LogP contribution in [0.25, 0.3) is 0 Å². The minimum absolute atomic E-state index is 0.0401. The molecular weight excluding hydrogens is 298 g/mol. The molecule has 0 aliphatic heterocycles. The summed E-state index contributed by atoms with van der Waals surface area (Å²) in [6.45, 7) is 5.02. The van der Waals surface area contributed by atoms with Crippen molar-refractivity contribution in [2.24, 2.45) is 0 Å². The average molecular weight is 318 g/mol. The fourth-order valence-corrected chi connectivity index (χ4v) is 1.73. The quantitative estimate of drug-likeness (QED) is 0.801. The molecule has 1 heterocycles. The van der Waals surface area contributed by atoms with Crippen molar-refractivity contribution in [3.05, 3.63) is 17.0 Å². The number of carbonyl (C=O) groups excluding carboxylic acids is 1. The highest BCUT2D eigenvalue weighted by Gasteiger charge is 2.20. The summed E-state index contributed by atoms with van der Waals surface area (Å²) in [7, 11) is 1.46. The standard InChI is InChI=1S/C13H20ClN3O4/c1-13(2,3)21-12(19)16-9(7-18)5-8-6-10(20-4)17-11(14)15-8/h6,9,18H,5,7H2,1-4H3,(H,16,19)/t9-/m1/s1. The van der Waals surface area contributed by atoms with Gasteiger partial charge in [0.1, 0.15) is 5.60 Å². The first-order valence-corrected chi connectivity index (χ1v) is 6.79. The van der Waals surface area contributed by atoms with Crippen molar-refractivity contribution in [1.82, 2.24) is 15.3 Å². The first-order valence-electron chi connectivity index (χ1n) is 6.41. The zero-order valence-corrected chi connectivity index (χ0v) is 13.3. The van der Waals surface area contributed by atoms with Crippen LogP contribution >= 0.6 is 11.6 Å². The number of aliphatic hydroxyl groups is 1. The third-order valence-electron chi connectivity index (χ3n) is 2.33. The van der Waals surface area contributed by atoms with Gasteiger partial charge in [0, 0.05) is 12.5 Å². The van der Waals surface area contributed by atoms with E-state index in [1.165, 1.54) is 7.11 Å². The van der Waals surface area contributed by atoms with Crippen molar-refractivity contribution >= 4 is 17.7 Å². The second-order valence-corrected chi connectivity index (χ2v) is 5.74. The molecule has 1 aromatic heterocycles. The van der Waals surface area contributed by atoms with E-state index in [0.717, 1.165) is 0 Å². The number of ether oxygens (including phenoxy) is 2. The molecule has 0 aromatic carbocycles. The number of aliphatic hydroxyl groups excluding tert-OH is 1. The highest BCUT2D eigenvalue weighted by Crippen LogP contribution is 2.14. The van der Waals surface area contributed by atoms with E-state index in [1.54, 1.807) is 26.8 Å². The first-order chi connectivity index (χ1) is 9.73. The van der Waals surface area contributed by atoms with Crippen LogP contribution in [0.4, 0.5) is 4.79 Å². The summed E-state index contributed by atoms with van der Waals surface area (Å²) in [4.78, 5) is 19.6. The number of halogens is 1. The van der Waals surface area contributed by atoms with E-state index in [9.17, 15) is 9.90 Å². The lowest BCUT2D eigenvalue weighted by molar-refractivity contribution is 0.0482. The SMILES string of the molecule is COc1cc(C[C@H](CO)NC(=O)OC(C)(C)C)nc(Cl)n1. The molecule has 0 saturated heterocycles. The van der Waals surface area contributed by atoms with Crippen LogP contribution in [-0.4, -0.2) is 46.5 Å². The van der Waals surface area contributed by atoms with Crippen LogP contribution in [0.5, 0.6) is 5.88 Å². The van der Waals surface area contributed by atoms with Crippen LogP contribution in [0.2, 0.25) is 5.28 Å². The van der Waals surface area contributed by atoms with Gasteiger partial charge in [-0.05, 0) is 32.4 Å². The van der Waals surface area contributed by atoms with Gasteiger partial charge in [-0.3, -0.25) is 0 Å². The van der Waals surface area contributed by atoms with E-state index in [-0.39, 0.29) is 18.3 Å². The van der Waals surface area contributed by atoms with Crippen LogP contribution in [0, 0.1) is 0 Å². The molecule has 118 valence electrons. The number of carbonyl (C=O) groups is 1. The van der Waals surface area contributed by atoms with Gasteiger partial charge in [0.25, 0.3) is 0 Å². The van der Waals surface area contributed by atoms with E-state index < -0.39 is 17.7 Å². The first kappa shape index (κ1) is 17.5. The Morgan fingerprint density at radius 3 is 2.67 bits per heavy atom. The number of amides is 1. The molecule has 2 N–H and O–H groups in total. The van der Waals surface area contributed by atoms with Crippen LogP contribution in [-0.2, 0) is 11.2 Å². The topological polar surface area (TPSA) is 93.6 Å². The van der Waals surface area contributed by atoms with Gasteiger partial charge in [0.2, 0.25) is 11.2 Å². The molecule has 0 fully saturated rings. The maximum Gasteiger partial charge on any atom is 0.407 e. The van der Waals surface area contributed by atoms with Gasteiger partial charge in [-0.25, -0.2) is 9.78 Å². The van der Waals surface area contributed by atoms with Crippen molar-refractivity contribution in [2.75, 3.05) is 13.7 Å². The molecule has 21 heavy (non-hydrogen) atoms. The second-order valence-electron chi connectivity index (χ2n) is 5.40. The van der Waals surface area contributed by atoms with Gasteiger partial charge in [0.05, 0.1) is 25.5 Å². The summed E-state index contributed by atoms with van der Waals surface area (Å²) >= 11 is 5.77. The minimum atomic E-state index is -0.606. The normalized spacial score (nSPS) is 12.7. The summed E-state index contributed by atoms with van der Waals surface area (Å²) < 4.78 is 10.1. The van der Waals surface area contributed by atoms with E-state index in [2.05, 4.69) is 15.3 Å². The molecule has 0 radical (unpaired) electrons. The highest BCUT2D eigenvalue weighted by atomic mass is 35.5. The monoisotopic (exact) mass is 317 g/mol. The molecule has 7 nitrogen and oxygen atoms in total. The highest BCUT2D eigenvalue weighted by molar-refractivity contribution is 6.28. The number of alkyl carbamates (subject to hydrolysis) is 1. The molecule has 0 aliphatic carbocycles. The molecule has 0 bridgehead atoms. The average Bonchev–Trinajstić information content (AvgIpc) is 2.34. The number of hydrogen-bond acceptors (Lipinski definition) is 6. The molecule has 8 heteroatoms. The van der Waals surface area contributed by atoms with Gasteiger partial charge in [-0.1, -0.05) is 0 Å². The third kappa shape index (κ3) is 6.59. The molecule has 0 unspecified atom stereocenters. The zero-order valence-electron chi connectivity index (χ0n) is 12.5. The zero-order chi connectivity index (χ0) is 16.0. The van der Waals surface area contributed by atoms with Crippen LogP contribution in [0.15, 0.2) is 6.07 Å². The van der Waals surface area contributed by atoms with Crippen molar-refractivity contribution < 1.29 is 19.4 Å². The summed E-state index contributed by atoms with van der Waals surface area (Å²) in [6.07, 6.45) is -0.331. The number of methoxy groups -OCH3 is 1. The Bertz CT molecular complexity index is 491. The van der Waals surface area contributed by atoms with Crippen LogP contribution in [0.3, 0.4) is 0 Å².